The molecular weight excluding hydrogens is 331 g/mol. The van der Waals surface area contributed by atoms with E-state index >= 15 is 0 Å². The van der Waals surface area contributed by atoms with Crippen LogP contribution in [0.15, 0.2) is 48.5 Å². The molecule has 1 amide bonds. The number of aryl methyl sites for hydroxylation is 1. The molecule has 1 heterocycles. The Kier molecular flexibility index (Phi) is 5.76. The fraction of sp³-hybridized carbons (Fsp3) is 0.381. The maximum absolute atomic E-state index is 13.9. The third-order valence-corrected chi connectivity index (χ3v) is 4.79. The first-order valence-electron chi connectivity index (χ1n) is 9.13. The molecule has 0 saturated carbocycles. The number of hydrogen-bond donors (Lipinski definition) is 0. The van der Waals surface area contributed by atoms with Gasteiger partial charge in [-0.2, -0.15) is 0 Å². The number of ether oxygens (including phenoxy) is 1. The van der Waals surface area contributed by atoms with Gasteiger partial charge in [0, 0.05) is 26.2 Å². The summed E-state index contributed by atoms with van der Waals surface area (Å²) >= 11 is 0. The third kappa shape index (κ3) is 3.98. The zero-order valence-corrected chi connectivity index (χ0v) is 15.3. The Morgan fingerprint density at radius 2 is 1.73 bits per heavy atom. The summed E-state index contributed by atoms with van der Waals surface area (Å²) < 4.78 is 19.8. The van der Waals surface area contributed by atoms with E-state index in [9.17, 15) is 9.18 Å². The van der Waals surface area contributed by atoms with Crippen LogP contribution in [0.4, 0.5) is 10.1 Å². The van der Waals surface area contributed by atoms with E-state index in [1.54, 1.807) is 24.0 Å². The SMILES string of the molecule is CCc1ccccc1O[C@H](C)C(=O)N1CCN(c2ccccc2F)CC1. The van der Waals surface area contributed by atoms with Crippen molar-refractivity contribution in [3.8, 4) is 5.75 Å². The molecule has 0 spiro atoms. The van der Waals surface area contributed by atoms with E-state index in [1.165, 1.54) is 6.07 Å². The summed E-state index contributed by atoms with van der Waals surface area (Å²) in [5.74, 6) is 0.519. The second kappa shape index (κ2) is 8.21. The van der Waals surface area contributed by atoms with Crippen molar-refractivity contribution in [1.29, 1.82) is 0 Å². The van der Waals surface area contributed by atoms with Crippen molar-refractivity contribution in [1.82, 2.24) is 4.90 Å². The highest BCUT2D eigenvalue weighted by Crippen LogP contribution is 2.22. The van der Waals surface area contributed by atoms with E-state index in [0.29, 0.717) is 31.9 Å². The lowest BCUT2D eigenvalue weighted by Crippen LogP contribution is -2.52. The molecule has 138 valence electrons. The first-order valence-corrected chi connectivity index (χ1v) is 9.13. The van der Waals surface area contributed by atoms with Crippen molar-refractivity contribution in [3.05, 3.63) is 59.9 Å². The zero-order chi connectivity index (χ0) is 18.5. The van der Waals surface area contributed by atoms with Gasteiger partial charge in [-0.3, -0.25) is 4.79 Å². The second-order valence-electron chi connectivity index (χ2n) is 6.49. The van der Waals surface area contributed by atoms with E-state index in [4.69, 9.17) is 4.74 Å². The molecule has 0 unspecified atom stereocenters. The standard InChI is InChI=1S/C21H25FN2O2/c1-3-17-8-4-7-11-20(17)26-16(2)21(25)24-14-12-23(13-15-24)19-10-6-5-9-18(19)22/h4-11,16H,3,12-15H2,1-2H3/t16-/m1/s1. The number of piperazine rings is 1. The largest absolute Gasteiger partial charge is 0.481 e. The fourth-order valence-electron chi connectivity index (χ4n) is 3.28. The van der Waals surface area contributed by atoms with Crippen molar-refractivity contribution < 1.29 is 13.9 Å². The molecule has 3 rings (SSSR count). The minimum atomic E-state index is -0.539. The molecular formula is C21H25FN2O2. The molecule has 0 bridgehead atoms. The average Bonchev–Trinajstić information content (AvgIpc) is 2.68. The summed E-state index contributed by atoms with van der Waals surface area (Å²) in [4.78, 5) is 16.5. The molecule has 2 aromatic carbocycles. The molecule has 0 radical (unpaired) electrons. The second-order valence-corrected chi connectivity index (χ2v) is 6.49. The molecule has 5 heteroatoms. The molecule has 1 aliphatic rings. The monoisotopic (exact) mass is 356 g/mol. The normalized spacial score (nSPS) is 15.7. The summed E-state index contributed by atoms with van der Waals surface area (Å²) in [5.41, 5.74) is 1.69. The number of hydrogen-bond acceptors (Lipinski definition) is 3. The molecule has 1 atom stereocenters. The molecule has 1 saturated heterocycles. The summed E-state index contributed by atoms with van der Waals surface area (Å²) in [7, 11) is 0. The van der Waals surface area contributed by atoms with Crippen LogP contribution in [0.5, 0.6) is 5.75 Å². The van der Waals surface area contributed by atoms with Gasteiger partial charge < -0.3 is 14.5 Å². The number of rotatable bonds is 5. The van der Waals surface area contributed by atoms with Gasteiger partial charge in [0.05, 0.1) is 5.69 Å². The smallest absolute Gasteiger partial charge is 0.263 e. The third-order valence-electron chi connectivity index (χ3n) is 4.79. The van der Waals surface area contributed by atoms with Gasteiger partial charge in [-0.05, 0) is 37.1 Å². The quantitative estimate of drug-likeness (QED) is 0.822. The maximum atomic E-state index is 13.9. The van der Waals surface area contributed by atoms with Crippen LogP contribution in [-0.2, 0) is 11.2 Å². The van der Waals surface area contributed by atoms with Crippen LogP contribution in [0.3, 0.4) is 0 Å². The number of anilines is 1. The molecule has 26 heavy (non-hydrogen) atoms. The van der Waals surface area contributed by atoms with E-state index in [-0.39, 0.29) is 11.7 Å². The minimum Gasteiger partial charge on any atom is -0.481 e. The van der Waals surface area contributed by atoms with E-state index in [1.807, 2.05) is 35.2 Å². The first kappa shape index (κ1) is 18.2. The van der Waals surface area contributed by atoms with Crippen molar-refractivity contribution in [2.75, 3.05) is 31.1 Å². The number of amides is 1. The van der Waals surface area contributed by atoms with Crippen molar-refractivity contribution in [2.24, 2.45) is 0 Å². The lowest BCUT2D eigenvalue weighted by molar-refractivity contribution is -0.138. The number of halogens is 1. The van der Waals surface area contributed by atoms with Gasteiger partial charge in [0.2, 0.25) is 0 Å². The first-order chi connectivity index (χ1) is 12.6. The molecule has 1 fully saturated rings. The molecule has 0 aliphatic carbocycles. The highest BCUT2D eigenvalue weighted by atomic mass is 19.1. The van der Waals surface area contributed by atoms with Crippen LogP contribution in [0, 0.1) is 5.82 Å². The Bertz CT molecular complexity index is 757. The van der Waals surface area contributed by atoms with Gasteiger partial charge in [-0.15, -0.1) is 0 Å². The van der Waals surface area contributed by atoms with E-state index in [2.05, 4.69) is 6.92 Å². The molecule has 2 aromatic rings. The topological polar surface area (TPSA) is 32.8 Å². The summed E-state index contributed by atoms with van der Waals surface area (Å²) in [6.45, 7) is 6.22. The Labute approximate surface area is 154 Å². The summed E-state index contributed by atoms with van der Waals surface area (Å²) in [6, 6.07) is 14.6. The zero-order valence-electron chi connectivity index (χ0n) is 15.3. The highest BCUT2D eigenvalue weighted by Gasteiger charge is 2.27. The number of carbonyl (C=O) groups is 1. The van der Waals surface area contributed by atoms with Crippen LogP contribution >= 0.6 is 0 Å². The van der Waals surface area contributed by atoms with Gasteiger partial charge in [-0.25, -0.2) is 4.39 Å². The van der Waals surface area contributed by atoms with E-state index < -0.39 is 6.10 Å². The summed E-state index contributed by atoms with van der Waals surface area (Å²) in [5, 5.41) is 0. The van der Waals surface area contributed by atoms with Crippen molar-refractivity contribution in [3.63, 3.8) is 0 Å². The van der Waals surface area contributed by atoms with E-state index in [0.717, 1.165) is 17.7 Å². The van der Waals surface area contributed by atoms with Crippen LogP contribution in [0.25, 0.3) is 0 Å². The minimum absolute atomic E-state index is 0.0240. The fourth-order valence-corrected chi connectivity index (χ4v) is 3.28. The summed E-state index contributed by atoms with van der Waals surface area (Å²) in [6.07, 6.45) is 0.320. The van der Waals surface area contributed by atoms with Crippen LogP contribution in [0.1, 0.15) is 19.4 Å². The molecule has 0 aromatic heterocycles. The predicted octanol–water partition coefficient (Wildman–Crippen LogP) is 3.50. The van der Waals surface area contributed by atoms with Gasteiger partial charge in [0.25, 0.3) is 5.91 Å². The Balaban J connectivity index is 1.59. The highest BCUT2D eigenvalue weighted by molar-refractivity contribution is 5.81. The molecule has 1 aliphatic heterocycles. The van der Waals surface area contributed by atoms with Gasteiger partial charge in [0.1, 0.15) is 11.6 Å². The maximum Gasteiger partial charge on any atom is 0.263 e. The molecule has 4 nitrogen and oxygen atoms in total. The van der Waals surface area contributed by atoms with Crippen LogP contribution in [0.2, 0.25) is 0 Å². The van der Waals surface area contributed by atoms with Crippen LogP contribution in [-0.4, -0.2) is 43.1 Å². The Morgan fingerprint density at radius 3 is 2.42 bits per heavy atom. The predicted molar refractivity (Wildman–Crippen MR) is 101 cm³/mol. The Morgan fingerprint density at radius 1 is 1.08 bits per heavy atom. The van der Waals surface area contributed by atoms with Crippen LogP contribution < -0.4 is 9.64 Å². The van der Waals surface area contributed by atoms with Gasteiger partial charge in [0.15, 0.2) is 6.10 Å². The van der Waals surface area contributed by atoms with Gasteiger partial charge in [-0.1, -0.05) is 37.3 Å². The van der Waals surface area contributed by atoms with Crippen molar-refractivity contribution in [2.45, 2.75) is 26.4 Å². The lowest BCUT2D eigenvalue weighted by Gasteiger charge is -2.37. The van der Waals surface area contributed by atoms with Crippen molar-refractivity contribution >= 4 is 11.6 Å². The average molecular weight is 356 g/mol. The number of nitrogens with zero attached hydrogens (tertiary/aromatic N) is 2. The number of para-hydroxylation sites is 2. The number of carbonyl (C=O) groups excluding carboxylic acids is 1. The number of benzene rings is 2. The Hall–Kier alpha value is -2.56. The molecule has 0 N–H and O–H groups in total. The van der Waals surface area contributed by atoms with Gasteiger partial charge >= 0.3 is 0 Å². The lowest BCUT2D eigenvalue weighted by atomic mass is 10.1.